The van der Waals surface area contributed by atoms with Gasteiger partial charge in [0.1, 0.15) is 0 Å². The first-order valence-corrected chi connectivity index (χ1v) is 14.0. The quantitative estimate of drug-likeness (QED) is 0.140. The van der Waals surface area contributed by atoms with E-state index in [1.165, 1.54) is 51.4 Å². The summed E-state index contributed by atoms with van der Waals surface area (Å²) in [5.41, 5.74) is 0. The molecule has 0 aliphatic carbocycles. The summed E-state index contributed by atoms with van der Waals surface area (Å²) in [6.07, 6.45) is 17.7. The van der Waals surface area contributed by atoms with Gasteiger partial charge < -0.3 is 14.2 Å². The highest BCUT2D eigenvalue weighted by Crippen LogP contribution is 2.18. The Morgan fingerprint density at radius 2 is 0.871 bits per heavy atom. The first kappa shape index (κ1) is 30.9. The van der Waals surface area contributed by atoms with Crippen molar-refractivity contribution in [3.05, 3.63) is 0 Å². The van der Waals surface area contributed by atoms with Crippen LogP contribution in [0.1, 0.15) is 131 Å². The minimum Gasteiger partial charge on any atom is -0.381 e. The van der Waals surface area contributed by atoms with Crippen molar-refractivity contribution in [2.45, 2.75) is 144 Å². The molecule has 31 heavy (non-hydrogen) atoms. The van der Waals surface area contributed by atoms with Crippen molar-refractivity contribution < 1.29 is 14.2 Å². The predicted molar refractivity (Wildman–Crippen MR) is 136 cm³/mol. The molecule has 0 fully saturated rings. The molecule has 0 N–H and O–H groups in total. The Morgan fingerprint density at radius 1 is 0.452 bits per heavy atom. The summed E-state index contributed by atoms with van der Waals surface area (Å²) in [4.78, 5) is 0. The van der Waals surface area contributed by atoms with Crippen molar-refractivity contribution in [1.82, 2.24) is 0 Å². The SMILES string of the molecule is CCCC(CC)CCOC(CC)CCCOCCCC(CC)OCCC(CC)CCC. The fraction of sp³-hybridized carbons (Fsp3) is 1.00. The molecule has 0 heterocycles. The van der Waals surface area contributed by atoms with Gasteiger partial charge in [0.15, 0.2) is 0 Å². The molecule has 0 aliphatic rings. The Morgan fingerprint density at radius 3 is 1.19 bits per heavy atom. The average molecular weight is 443 g/mol. The number of hydrogen-bond donors (Lipinski definition) is 0. The van der Waals surface area contributed by atoms with Gasteiger partial charge in [0.2, 0.25) is 0 Å². The first-order chi connectivity index (χ1) is 15.1. The van der Waals surface area contributed by atoms with E-state index in [2.05, 4.69) is 41.5 Å². The second-order valence-corrected chi connectivity index (χ2v) is 9.40. The van der Waals surface area contributed by atoms with Crippen LogP contribution in [0.5, 0.6) is 0 Å². The van der Waals surface area contributed by atoms with Crippen molar-refractivity contribution in [2.24, 2.45) is 11.8 Å². The maximum atomic E-state index is 6.15. The lowest BCUT2D eigenvalue weighted by Crippen LogP contribution is -2.16. The van der Waals surface area contributed by atoms with E-state index < -0.39 is 0 Å². The van der Waals surface area contributed by atoms with Crippen LogP contribution in [0.4, 0.5) is 0 Å². The molecule has 188 valence electrons. The van der Waals surface area contributed by atoms with Gasteiger partial charge in [0, 0.05) is 26.4 Å². The lowest BCUT2D eigenvalue weighted by atomic mass is 9.97. The zero-order valence-corrected chi connectivity index (χ0v) is 22.3. The second kappa shape index (κ2) is 23.1. The average Bonchev–Trinajstić information content (AvgIpc) is 2.79. The third-order valence-corrected chi connectivity index (χ3v) is 6.85. The molecule has 3 nitrogen and oxygen atoms in total. The molecule has 0 amide bonds. The van der Waals surface area contributed by atoms with E-state index in [4.69, 9.17) is 14.2 Å². The molecule has 0 saturated heterocycles. The molecular formula is C28H58O3. The van der Waals surface area contributed by atoms with Gasteiger partial charge in [-0.05, 0) is 63.2 Å². The zero-order valence-electron chi connectivity index (χ0n) is 22.3. The summed E-state index contributed by atoms with van der Waals surface area (Å²) >= 11 is 0. The van der Waals surface area contributed by atoms with Crippen LogP contribution in [0.3, 0.4) is 0 Å². The van der Waals surface area contributed by atoms with Crippen LogP contribution in [-0.4, -0.2) is 38.6 Å². The molecule has 0 aromatic carbocycles. The van der Waals surface area contributed by atoms with Crippen LogP contribution >= 0.6 is 0 Å². The molecule has 0 bridgehead atoms. The Bertz CT molecular complexity index is 315. The monoisotopic (exact) mass is 442 g/mol. The molecule has 0 rings (SSSR count). The van der Waals surface area contributed by atoms with Crippen LogP contribution in [0, 0.1) is 11.8 Å². The first-order valence-electron chi connectivity index (χ1n) is 14.0. The molecule has 0 aromatic rings. The van der Waals surface area contributed by atoms with Gasteiger partial charge >= 0.3 is 0 Å². The van der Waals surface area contributed by atoms with E-state index in [1.807, 2.05) is 0 Å². The van der Waals surface area contributed by atoms with Gasteiger partial charge in [0.25, 0.3) is 0 Å². The van der Waals surface area contributed by atoms with Crippen LogP contribution in [0.15, 0.2) is 0 Å². The minimum atomic E-state index is 0.403. The van der Waals surface area contributed by atoms with Crippen molar-refractivity contribution in [3.8, 4) is 0 Å². The number of hydrogen-bond acceptors (Lipinski definition) is 3. The van der Waals surface area contributed by atoms with E-state index in [0.717, 1.165) is 76.8 Å². The highest BCUT2D eigenvalue weighted by molar-refractivity contribution is 4.61. The molecule has 0 aromatic heterocycles. The number of rotatable bonds is 24. The van der Waals surface area contributed by atoms with Crippen molar-refractivity contribution >= 4 is 0 Å². The van der Waals surface area contributed by atoms with Gasteiger partial charge in [-0.1, -0.05) is 80.1 Å². The van der Waals surface area contributed by atoms with Crippen LogP contribution in [0.25, 0.3) is 0 Å². The lowest BCUT2D eigenvalue weighted by molar-refractivity contribution is 0.0203. The van der Waals surface area contributed by atoms with Crippen molar-refractivity contribution in [1.29, 1.82) is 0 Å². The minimum absolute atomic E-state index is 0.403. The Hall–Kier alpha value is -0.120. The summed E-state index contributed by atoms with van der Waals surface area (Å²) in [5.74, 6) is 1.68. The van der Waals surface area contributed by atoms with E-state index >= 15 is 0 Å². The zero-order chi connectivity index (χ0) is 23.2. The van der Waals surface area contributed by atoms with E-state index in [0.29, 0.717) is 12.2 Å². The van der Waals surface area contributed by atoms with Crippen LogP contribution < -0.4 is 0 Å². The molecule has 3 heteroatoms. The van der Waals surface area contributed by atoms with Gasteiger partial charge in [-0.25, -0.2) is 0 Å². The molecular weight excluding hydrogens is 384 g/mol. The van der Waals surface area contributed by atoms with Crippen LogP contribution in [-0.2, 0) is 14.2 Å². The highest BCUT2D eigenvalue weighted by Gasteiger charge is 2.11. The summed E-state index contributed by atoms with van der Waals surface area (Å²) in [7, 11) is 0. The molecule has 0 saturated carbocycles. The van der Waals surface area contributed by atoms with E-state index in [9.17, 15) is 0 Å². The van der Waals surface area contributed by atoms with Crippen molar-refractivity contribution in [2.75, 3.05) is 26.4 Å². The Kier molecular flexibility index (Phi) is 23.0. The lowest BCUT2D eigenvalue weighted by Gasteiger charge is -2.19. The second-order valence-electron chi connectivity index (χ2n) is 9.40. The highest BCUT2D eigenvalue weighted by atomic mass is 16.5. The molecule has 0 aliphatic heterocycles. The largest absolute Gasteiger partial charge is 0.381 e. The van der Waals surface area contributed by atoms with Gasteiger partial charge in [-0.3, -0.25) is 0 Å². The van der Waals surface area contributed by atoms with Gasteiger partial charge in [0.05, 0.1) is 12.2 Å². The van der Waals surface area contributed by atoms with E-state index in [-0.39, 0.29) is 0 Å². The third-order valence-electron chi connectivity index (χ3n) is 6.85. The normalized spacial score (nSPS) is 15.7. The third kappa shape index (κ3) is 18.0. The van der Waals surface area contributed by atoms with Crippen LogP contribution in [0.2, 0.25) is 0 Å². The molecule has 0 spiro atoms. The topological polar surface area (TPSA) is 27.7 Å². The smallest absolute Gasteiger partial charge is 0.0573 e. The Labute approximate surface area is 196 Å². The maximum absolute atomic E-state index is 6.15. The standard InChI is InChI=1S/C28H58O3/c1-7-15-25(9-3)19-23-30-27(11-5)17-13-21-29-22-14-18-28(12-6)31-24-20-26(10-4)16-8-2/h25-28H,7-24H2,1-6H3. The fourth-order valence-electron chi connectivity index (χ4n) is 4.46. The summed E-state index contributed by atoms with van der Waals surface area (Å²) in [5, 5.41) is 0. The molecule has 0 radical (unpaired) electrons. The summed E-state index contributed by atoms with van der Waals surface area (Å²) < 4.78 is 18.2. The maximum Gasteiger partial charge on any atom is 0.0573 e. The molecule has 4 unspecified atom stereocenters. The van der Waals surface area contributed by atoms with Gasteiger partial charge in [-0.15, -0.1) is 0 Å². The Balaban J connectivity index is 3.73. The molecule has 4 atom stereocenters. The van der Waals surface area contributed by atoms with Crippen molar-refractivity contribution in [3.63, 3.8) is 0 Å². The van der Waals surface area contributed by atoms with E-state index in [1.54, 1.807) is 0 Å². The summed E-state index contributed by atoms with van der Waals surface area (Å²) in [6.45, 7) is 17.2. The van der Waals surface area contributed by atoms with Gasteiger partial charge in [-0.2, -0.15) is 0 Å². The predicted octanol–water partition coefficient (Wildman–Crippen LogP) is 8.59. The number of ether oxygens (including phenoxy) is 3. The fourth-order valence-corrected chi connectivity index (χ4v) is 4.46. The summed E-state index contributed by atoms with van der Waals surface area (Å²) in [6, 6.07) is 0.